The molecular weight excluding hydrogens is 397 g/mol. The van der Waals surface area contributed by atoms with E-state index in [1.54, 1.807) is 33.5 Å². The fraction of sp³-hybridized carbons (Fsp3) is 0.500. The van der Waals surface area contributed by atoms with Gasteiger partial charge in [-0.25, -0.2) is 9.98 Å². The van der Waals surface area contributed by atoms with E-state index in [9.17, 15) is 4.79 Å². The second-order valence-electron chi connectivity index (χ2n) is 4.55. The van der Waals surface area contributed by atoms with Crippen LogP contribution < -0.4 is 15.4 Å². The summed E-state index contributed by atoms with van der Waals surface area (Å²) in [5, 5.41) is 6.09. The molecule has 1 heterocycles. The Hall–Kier alpha value is -1.58. The SMILES string of the molecule is CCNC(=NCc1ccc(OC)nc1)NCC(=O)N(C)C.I. The highest BCUT2D eigenvalue weighted by atomic mass is 127. The first-order valence-corrected chi connectivity index (χ1v) is 6.78. The lowest BCUT2D eigenvalue weighted by molar-refractivity contribution is -0.127. The number of methoxy groups -OCH3 is 1. The van der Waals surface area contributed by atoms with Crippen molar-refractivity contribution in [2.24, 2.45) is 4.99 Å². The molecule has 0 atom stereocenters. The number of pyridine rings is 1. The van der Waals surface area contributed by atoms with Gasteiger partial charge in [-0.2, -0.15) is 0 Å². The molecule has 0 unspecified atom stereocenters. The first-order chi connectivity index (χ1) is 10.1. The van der Waals surface area contributed by atoms with Gasteiger partial charge < -0.3 is 20.3 Å². The summed E-state index contributed by atoms with van der Waals surface area (Å²) in [4.78, 5) is 21.6. The third-order valence-corrected chi connectivity index (χ3v) is 2.68. The van der Waals surface area contributed by atoms with Crippen LogP contribution in [0, 0.1) is 0 Å². The van der Waals surface area contributed by atoms with E-state index in [2.05, 4.69) is 20.6 Å². The van der Waals surface area contributed by atoms with Crippen LogP contribution in [0.1, 0.15) is 12.5 Å². The number of aromatic nitrogens is 1. The Kier molecular flexibility index (Phi) is 10.3. The van der Waals surface area contributed by atoms with Gasteiger partial charge in [0, 0.05) is 32.9 Å². The molecule has 0 spiro atoms. The summed E-state index contributed by atoms with van der Waals surface area (Å²) < 4.78 is 5.01. The minimum Gasteiger partial charge on any atom is -0.481 e. The molecule has 1 rings (SSSR count). The van der Waals surface area contributed by atoms with Crippen molar-refractivity contribution in [3.63, 3.8) is 0 Å². The Morgan fingerprint density at radius 1 is 1.36 bits per heavy atom. The van der Waals surface area contributed by atoms with Crippen LogP contribution in [0.25, 0.3) is 0 Å². The van der Waals surface area contributed by atoms with Crippen LogP contribution in [0.15, 0.2) is 23.3 Å². The average Bonchev–Trinajstić information content (AvgIpc) is 2.50. The number of nitrogens with one attached hydrogen (secondary N) is 2. The maximum atomic E-state index is 11.6. The van der Waals surface area contributed by atoms with Crippen LogP contribution in [-0.4, -0.2) is 56.0 Å². The van der Waals surface area contributed by atoms with Gasteiger partial charge in [0.05, 0.1) is 20.2 Å². The van der Waals surface area contributed by atoms with Crippen LogP contribution in [0.3, 0.4) is 0 Å². The van der Waals surface area contributed by atoms with Gasteiger partial charge in [0.2, 0.25) is 11.8 Å². The molecule has 0 aliphatic rings. The van der Waals surface area contributed by atoms with Gasteiger partial charge in [0.25, 0.3) is 0 Å². The molecular formula is C14H24IN5O2. The van der Waals surface area contributed by atoms with Gasteiger partial charge in [0.1, 0.15) is 0 Å². The molecule has 0 radical (unpaired) electrons. The minimum absolute atomic E-state index is 0. The summed E-state index contributed by atoms with van der Waals surface area (Å²) >= 11 is 0. The van der Waals surface area contributed by atoms with Crippen molar-refractivity contribution >= 4 is 35.8 Å². The predicted molar refractivity (Wildman–Crippen MR) is 97.7 cm³/mol. The number of rotatable bonds is 6. The molecule has 22 heavy (non-hydrogen) atoms. The van der Waals surface area contributed by atoms with E-state index in [4.69, 9.17) is 4.74 Å². The van der Waals surface area contributed by atoms with Crippen molar-refractivity contribution in [1.82, 2.24) is 20.5 Å². The molecule has 2 N–H and O–H groups in total. The smallest absolute Gasteiger partial charge is 0.241 e. The Labute approximate surface area is 148 Å². The van der Waals surface area contributed by atoms with Gasteiger partial charge in [0.15, 0.2) is 5.96 Å². The monoisotopic (exact) mass is 421 g/mol. The van der Waals surface area contributed by atoms with Gasteiger partial charge >= 0.3 is 0 Å². The lowest BCUT2D eigenvalue weighted by Gasteiger charge is -2.14. The van der Waals surface area contributed by atoms with Crippen molar-refractivity contribution in [3.8, 4) is 5.88 Å². The molecule has 1 aromatic rings. The standard InChI is InChI=1S/C14H23N5O2.HI/c1-5-15-14(18-10-13(20)19(2)3)17-9-11-6-7-12(21-4)16-8-11;/h6-8H,5,9-10H2,1-4H3,(H2,15,17,18);1H. The van der Waals surface area contributed by atoms with E-state index in [1.165, 1.54) is 4.90 Å². The van der Waals surface area contributed by atoms with Gasteiger partial charge in [-0.05, 0) is 12.5 Å². The van der Waals surface area contributed by atoms with Gasteiger partial charge in [-0.1, -0.05) is 6.07 Å². The minimum atomic E-state index is -0.00767. The maximum Gasteiger partial charge on any atom is 0.241 e. The predicted octanol–water partition coefficient (Wildman–Crippen LogP) is 0.851. The zero-order chi connectivity index (χ0) is 15.7. The van der Waals surface area contributed by atoms with Crippen molar-refractivity contribution in [2.75, 3.05) is 34.3 Å². The highest BCUT2D eigenvalue weighted by molar-refractivity contribution is 14.0. The molecule has 0 aliphatic carbocycles. The number of hydrogen-bond donors (Lipinski definition) is 2. The highest BCUT2D eigenvalue weighted by Gasteiger charge is 2.05. The molecule has 1 amide bonds. The highest BCUT2D eigenvalue weighted by Crippen LogP contribution is 2.07. The Bertz CT molecular complexity index is 477. The summed E-state index contributed by atoms with van der Waals surface area (Å²) in [5.41, 5.74) is 0.965. The molecule has 8 heteroatoms. The third-order valence-electron chi connectivity index (χ3n) is 2.68. The fourth-order valence-corrected chi connectivity index (χ4v) is 1.45. The number of ether oxygens (including phenoxy) is 1. The van der Waals surface area contributed by atoms with Crippen LogP contribution in [0.5, 0.6) is 5.88 Å². The van der Waals surface area contributed by atoms with E-state index in [1.807, 2.05) is 13.0 Å². The molecule has 0 saturated carbocycles. The van der Waals surface area contributed by atoms with Crippen molar-refractivity contribution in [3.05, 3.63) is 23.9 Å². The van der Waals surface area contributed by atoms with E-state index >= 15 is 0 Å². The topological polar surface area (TPSA) is 78.9 Å². The van der Waals surface area contributed by atoms with Crippen molar-refractivity contribution in [2.45, 2.75) is 13.5 Å². The van der Waals surface area contributed by atoms with Crippen LogP contribution in [0.4, 0.5) is 0 Å². The Balaban J connectivity index is 0.00000441. The second kappa shape index (κ2) is 11.0. The number of hydrogen-bond acceptors (Lipinski definition) is 4. The largest absolute Gasteiger partial charge is 0.481 e. The number of guanidine groups is 1. The van der Waals surface area contributed by atoms with Gasteiger partial charge in [-0.15, -0.1) is 24.0 Å². The lowest BCUT2D eigenvalue weighted by Crippen LogP contribution is -2.42. The lowest BCUT2D eigenvalue weighted by atomic mass is 10.3. The number of nitrogens with zero attached hydrogens (tertiary/aromatic N) is 3. The molecule has 1 aromatic heterocycles. The molecule has 124 valence electrons. The number of carbonyl (C=O) groups is 1. The van der Waals surface area contributed by atoms with Crippen molar-refractivity contribution < 1.29 is 9.53 Å². The maximum absolute atomic E-state index is 11.6. The summed E-state index contributed by atoms with van der Waals surface area (Å²) in [5.74, 6) is 1.17. The Morgan fingerprint density at radius 3 is 2.59 bits per heavy atom. The first kappa shape index (κ1) is 20.4. The van der Waals surface area contributed by atoms with E-state index in [0.29, 0.717) is 18.4 Å². The van der Waals surface area contributed by atoms with Crippen LogP contribution in [-0.2, 0) is 11.3 Å². The summed E-state index contributed by atoms with van der Waals surface area (Å²) in [6.45, 7) is 3.38. The van der Waals surface area contributed by atoms with E-state index in [0.717, 1.165) is 12.1 Å². The third kappa shape index (κ3) is 7.43. The molecule has 0 aromatic carbocycles. The summed E-state index contributed by atoms with van der Waals surface area (Å²) in [6, 6.07) is 3.70. The second-order valence-corrected chi connectivity index (χ2v) is 4.55. The number of aliphatic imine (C=N–C) groups is 1. The van der Waals surface area contributed by atoms with Crippen LogP contribution >= 0.6 is 24.0 Å². The summed E-state index contributed by atoms with van der Waals surface area (Å²) in [6.07, 6.45) is 1.72. The zero-order valence-electron chi connectivity index (χ0n) is 13.4. The number of amides is 1. The van der Waals surface area contributed by atoms with Gasteiger partial charge in [-0.3, -0.25) is 4.79 Å². The summed E-state index contributed by atoms with van der Waals surface area (Å²) in [7, 11) is 5.02. The van der Waals surface area contributed by atoms with E-state index < -0.39 is 0 Å². The molecule has 0 aliphatic heterocycles. The fourth-order valence-electron chi connectivity index (χ4n) is 1.45. The van der Waals surface area contributed by atoms with Crippen molar-refractivity contribution in [1.29, 1.82) is 0 Å². The zero-order valence-corrected chi connectivity index (χ0v) is 15.8. The molecule has 0 fully saturated rings. The quantitative estimate of drug-likeness (QED) is 0.405. The number of halogens is 1. The van der Waals surface area contributed by atoms with E-state index in [-0.39, 0.29) is 36.4 Å². The first-order valence-electron chi connectivity index (χ1n) is 6.78. The molecule has 0 bridgehead atoms. The average molecular weight is 421 g/mol. The Morgan fingerprint density at radius 2 is 2.09 bits per heavy atom. The normalized spacial score (nSPS) is 10.5. The van der Waals surface area contributed by atoms with Crippen LogP contribution in [0.2, 0.25) is 0 Å². The molecule has 7 nitrogen and oxygen atoms in total. The molecule has 0 saturated heterocycles. The number of carbonyl (C=O) groups excluding carboxylic acids is 1. The number of likely N-dealkylation sites (N-methyl/N-ethyl adjacent to an activating group) is 1.